The maximum absolute atomic E-state index is 15.8. The van der Waals surface area contributed by atoms with Crippen LogP contribution >= 0.6 is 0 Å². The molecule has 5 aromatic rings. The minimum absolute atomic E-state index is 0.0766. The van der Waals surface area contributed by atoms with Crippen LogP contribution in [-0.4, -0.2) is 63.0 Å². The highest BCUT2D eigenvalue weighted by molar-refractivity contribution is 7.90. The second-order valence-electron chi connectivity index (χ2n) is 11.2. The minimum atomic E-state index is -4.16. The number of ether oxygens (including phenoxy) is 3. The van der Waals surface area contributed by atoms with E-state index in [1.54, 1.807) is 42.5 Å². The predicted molar refractivity (Wildman–Crippen MR) is 172 cm³/mol. The van der Waals surface area contributed by atoms with Crippen LogP contribution < -0.4 is 9.64 Å². The molecule has 2 saturated heterocycles. The summed E-state index contributed by atoms with van der Waals surface area (Å²) in [5.41, 5.74) is 2.84. The molecule has 0 bridgehead atoms. The van der Waals surface area contributed by atoms with Crippen LogP contribution in [0.25, 0.3) is 33.4 Å². The van der Waals surface area contributed by atoms with Crippen LogP contribution in [-0.2, 0) is 19.5 Å². The zero-order valence-electron chi connectivity index (χ0n) is 24.9. The smallest absolute Gasteiger partial charge is 0.269 e. The number of nitrogens with zero attached hydrogens (tertiary/aromatic N) is 4. The van der Waals surface area contributed by atoms with Crippen molar-refractivity contribution in [3.63, 3.8) is 0 Å². The molecule has 2 fully saturated rings. The van der Waals surface area contributed by atoms with E-state index in [1.807, 2.05) is 24.3 Å². The summed E-state index contributed by atoms with van der Waals surface area (Å²) in [6.45, 7) is 3.98. The van der Waals surface area contributed by atoms with Gasteiger partial charge in [-0.05, 0) is 53.6 Å². The lowest BCUT2D eigenvalue weighted by Gasteiger charge is -2.28. The average Bonchev–Trinajstić information content (AvgIpc) is 3.50. The molecule has 0 atom stereocenters. The quantitative estimate of drug-likeness (QED) is 0.213. The highest BCUT2D eigenvalue weighted by atomic mass is 32.2. The van der Waals surface area contributed by atoms with Crippen molar-refractivity contribution in [1.82, 2.24) is 8.96 Å². The van der Waals surface area contributed by atoms with Crippen molar-refractivity contribution >= 4 is 26.7 Å². The fourth-order valence-electron chi connectivity index (χ4n) is 6.05. The van der Waals surface area contributed by atoms with Gasteiger partial charge in [0.2, 0.25) is 0 Å². The maximum atomic E-state index is 15.8. The number of anilines is 1. The maximum Gasteiger partial charge on any atom is 0.269 e. The Bertz CT molecular complexity index is 2030. The number of morpholine rings is 1. The lowest BCUT2D eigenvalue weighted by Crippen LogP contribution is -2.36. The normalized spacial score (nSPS) is 16.0. The predicted octanol–water partition coefficient (Wildman–Crippen LogP) is 6.01. The van der Waals surface area contributed by atoms with Crippen molar-refractivity contribution in [2.75, 3.05) is 44.4 Å². The highest BCUT2D eigenvalue weighted by Gasteiger charge is 2.28. The van der Waals surface area contributed by atoms with Gasteiger partial charge in [0.15, 0.2) is 5.65 Å². The molecule has 234 valence electrons. The van der Waals surface area contributed by atoms with E-state index < -0.39 is 15.8 Å². The van der Waals surface area contributed by atoms with Crippen LogP contribution in [0.1, 0.15) is 18.4 Å². The highest BCUT2D eigenvalue weighted by Crippen LogP contribution is 2.39. The number of nitriles is 1. The number of hydrogen-bond donors (Lipinski definition) is 0. The van der Waals surface area contributed by atoms with Gasteiger partial charge < -0.3 is 19.1 Å². The van der Waals surface area contributed by atoms with Crippen molar-refractivity contribution < 1.29 is 27.0 Å². The van der Waals surface area contributed by atoms with Gasteiger partial charge in [-0.25, -0.2) is 21.8 Å². The summed E-state index contributed by atoms with van der Waals surface area (Å²) < 4.78 is 62.4. The average molecular weight is 639 g/mol. The zero-order chi connectivity index (χ0) is 31.7. The summed E-state index contributed by atoms with van der Waals surface area (Å²) in [7, 11) is -4.16. The number of benzene rings is 3. The van der Waals surface area contributed by atoms with E-state index in [4.69, 9.17) is 14.2 Å². The number of halogens is 1. The first-order valence-corrected chi connectivity index (χ1v) is 16.6. The van der Waals surface area contributed by atoms with Crippen LogP contribution in [0.15, 0.2) is 90.0 Å². The topological polar surface area (TPSA) is 107 Å². The molecule has 4 heterocycles. The van der Waals surface area contributed by atoms with Gasteiger partial charge in [-0.2, -0.15) is 5.26 Å². The number of rotatable bonds is 7. The van der Waals surface area contributed by atoms with Crippen LogP contribution in [0.5, 0.6) is 5.75 Å². The van der Waals surface area contributed by atoms with E-state index in [2.05, 4.69) is 16.0 Å². The van der Waals surface area contributed by atoms with Gasteiger partial charge in [-0.3, -0.25) is 0 Å². The molecule has 11 heteroatoms. The first-order valence-electron chi connectivity index (χ1n) is 15.2. The summed E-state index contributed by atoms with van der Waals surface area (Å²) in [5, 5.41) is 10.3. The lowest BCUT2D eigenvalue weighted by molar-refractivity contribution is 0.0254. The summed E-state index contributed by atoms with van der Waals surface area (Å²) >= 11 is 0. The molecule has 2 aliphatic rings. The number of aromatic nitrogens is 2. The van der Waals surface area contributed by atoms with E-state index in [0.29, 0.717) is 67.2 Å². The standard InChI is InChI=1S/C35H31FN4O5S/c36-31-23-38-35-30(34(31)25-8-11-33(26(20-25)22-37)45-28-12-16-43-17-13-28)21-32(40(35)46(41,42)29-4-2-1-3-5-29)24-6-9-27(10-7-24)39-14-18-44-19-15-39/h1-11,20-21,23,28H,12-19H2. The van der Waals surface area contributed by atoms with Gasteiger partial charge in [0, 0.05) is 42.6 Å². The molecule has 3 aromatic carbocycles. The zero-order valence-corrected chi connectivity index (χ0v) is 25.7. The number of fused-ring (bicyclic) bond motifs is 1. The number of pyridine rings is 1. The Kier molecular flexibility index (Phi) is 8.17. The third-order valence-corrected chi connectivity index (χ3v) is 10.1. The van der Waals surface area contributed by atoms with Crippen LogP contribution in [0.4, 0.5) is 10.1 Å². The largest absolute Gasteiger partial charge is 0.489 e. The molecular weight excluding hydrogens is 607 g/mol. The van der Waals surface area contributed by atoms with Crippen LogP contribution in [0, 0.1) is 17.1 Å². The van der Waals surface area contributed by atoms with E-state index in [1.165, 1.54) is 16.1 Å². The second-order valence-corrected chi connectivity index (χ2v) is 13.0. The van der Waals surface area contributed by atoms with E-state index in [9.17, 15) is 13.7 Å². The van der Waals surface area contributed by atoms with Crippen molar-refractivity contribution in [2.24, 2.45) is 0 Å². The Balaban J connectivity index is 1.38. The van der Waals surface area contributed by atoms with Gasteiger partial charge >= 0.3 is 0 Å². The molecule has 2 aliphatic heterocycles. The Morgan fingerprint density at radius 2 is 1.59 bits per heavy atom. The first kappa shape index (κ1) is 29.9. The first-order chi connectivity index (χ1) is 22.4. The Morgan fingerprint density at radius 3 is 2.30 bits per heavy atom. The molecule has 9 nitrogen and oxygen atoms in total. The molecule has 46 heavy (non-hydrogen) atoms. The summed E-state index contributed by atoms with van der Waals surface area (Å²) in [5.74, 6) is -0.230. The molecular formula is C35H31FN4O5S. The number of hydrogen-bond acceptors (Lipinski definition) is 8. The van der Waals surface area contributed by atoms with Crippen molar-refractivity contribution in [2.45, 2.75) is 23.8 Å². The minimum Gasteiger partial charge on any atom is -0.489 e. The SMILES string of the molecule is N#Cc1cc(-c2c(F)cnc3c2cc(-c2ccc(N4CCOCC4)cc2)n3S(=O)(=O)c2ccccc2)ccc1OC1CCOCC1. The van der Waals surface area contributed by atoms with E-state index in [-0.39, 0.29) is 27.8 Å². The van der Waals surface area contributed by atoms with E-state index >= 15 is 4.39 Å². The Labute approximate surface area is 266 Å². The molecule has 7 rings (SSSR count). The Morgan fingerprint density at radius 1 is 0.891 bits per heavy atom. The van der Waals surface area contributed by atoms with Gasteiger partial charge in [0.1, 0.15) is 23.7 Å². The third kappa shape index (κ3) is 5.60. The molecule has 0 N–H and O–H groups in total. The molecule has 0 unspecified atom stereocenters. The molecule has 2 aromatic heterocycles. The van der Waals surface area contributed by atoms with E-state index in [0.717, 1.165) is 25.0 Å². The molecule has 0 amide bonds. The van der Waals surface area contributed by atoms with Gasteiger partial charge in [0.05, 0.1) is 48.8 Å². The van der Waals surface area contributed by atoms with Gasteiger partial charge in [0.25, 0.3) is 10.0 Å². The van der Waals surface area contributed by atoms with Crippen LogP contribution in [0.2, 0.25) is 0 Å². The molecule has 0 saturated carbocycles. The fourth-order valence-corrected chi connectivity index (χ4v) is 7.55. The Hall–Kier alpha value is -4.76. The van der Waals surface area contributed by atoms with Crippen molar-refractivity contribution in [3.8, 4) is 34.2 Å². The monoisotopic (exact) mass is 638 g/mol. The van der Waals surface area contributed by atoms with Crippen molar-refractivity contribution in [1.29, 1.82) is 5.26 Å². The summed E-state index contributed by atoms with van der Waals surface area (Å²) in [6, 6.07) is 24.5. The molecule has 0 radical (unpaired) electrons. The van der Waals surface area contributed by atoms with Gasteiger partial charge in [-0.15, -0.1) is 0 Å². The lowest BCUT2D eigenvalue weighted by atomic mass is 10.00. The summed E-state index contributed by atoms with van der Waals surface area (Å²) in [6.07, 6.45) is 2.38. The third-order valence-electron chi connectivity index (χ3n) is 8.41. The fraction of sp³-hybridized carbons (Fsp3) is 0.257. The second kappa shape index (κ2) is 12.6. The van der Waals surface area contributed by atoms with Crippen molar-refractivity contribution in [3.05, 3.63) is 96.4 Å². The molecule has 0 aliphatic carbocycles. The van der Waals surface area contributed by atoms with Crippen LogP contribution in [0.3, 0.4) is 0 Å². The molecule has 0 spiro atoms. The van der Waals surface area contributed by atoms with Gasteiger partial charge in [-0.1, -0.05) is 36.4 Å². The summed E-state index contributed by atoms with van der Waals surface area (Å²) in [4.78, 5) is 6.60.